The topological polar surface area (TPSA) is 59.1 Å². The summed E-state index contributed by atoms with van der Waals surface area (Å²) in [5.41, 5.74) is 0.771. The Morgan fingerprint density at radius 2 is 1.95 bits per heavy atom. The molecule has 0 unspecified atom stereocenters. The Labute approximate surface area is 123 Å². The molecule has 1 aromatic carbocycles. The number of aromatic nitrogens is 2. The lowest BCUT2D eigenvalue weighted by Crippen LogP contribution is -2.07. The van der Waals surface area contributed by atoms with Crippen LogP contribution in [0.1, 0.15) is 13.3 Å². The molecule has 0 aliphatic heterocycles. The minimum atomic E-state index is 0.570. The first-order chi connectivity index (χ1) is 9.76. The quantitative estimate of drug-likeness (QED) is 0.850. The molecule has 0 aliphatic rings. The molecule has 20 heavy (non-hydrogen) atoms. The first-order valence-corrected chi connectivity index (χ1v) is 6.78. The van der Waals surface area contributed by atoms with Gasteiger partial charge in [0.05, 0.1) is 17.8 Å². The lowest BCUT2D eigenvalue weighted by atomic mass is 10.3. The Kier molecular flexibility index (Phi) is 5.01. The van der Waals surface area contributed by atoms with Gasteiger partial charge in [0.1, 0.15) is 6.33 Å². The van der Waals surface area contributed by atoms with Crippen molar-refractivity contribution in [1.29, 1.82) is 0 Å². The highest BCUT2D eigenvalue weighted by Crippen LogP contribution is 2.33. The van der Waals surface area contributed by atoms with Crippen LogP contribution in [0.2, 0.25) is 5.02 Å². The van der Waals surface area contributed by atoms with Crippen molar-refractivity contribution in [3.05, 3.63) is 35.6 Å². The van der Waals surface area contributed by atoms with Crippen LogP contribution in [-0.2, 0) is 0 Å². The Morgan fingerprint density at radius 1 is 1.20 bits per heavy atom. The summed E-state index contributed by atoms with van der Waals surface area (Å²) < 4.78 is 5.39. The van der Waals surface area contributed by atoms with Crippen molar-refractivity contribution in [1.82, 2.24) is 9.97 Å². The Hall–Kier alpha value is -2.01. The van der Waals surface area contributed by atoms with Crippen molar-refractivity contribution in [3.8, 4) is 5.75 Å². The fraction of sp³-hybridized carbons (Fsp3) is 0.286. The molecule has 0 radical (unpaired) electrons. The van der Waals surface area contributed by atoms with Crippen LogP contribution in [0.25, 0.3) is 0 Å². The van der Waals surface area contributed by atoms with Crippen LogP contribution in [0.3, 0.4) is 0 Å². The second-order valence-electron chi connectivity index (χ2n) is 4.14. The van der Waals surface area contributed by atoms with Crippen molar-refractivity contribution in [2.24, 2.45) is 0 Å². The second-order valence-corrected chi connectivity index (χ2v) is 4.54. The zero-order valence-corrected chi connectivity index (χ0v) is 12.2. The van der Waals surface area contributed by atoms with Gasteiger partial charge in [-0.1, -0.05) is 30.7 Å². The molecule has 1 aromatic heterocycles. The summed E-state index contributed by atoms with van der Waals surface area (Å²) in [6.07, 6.45) is 2.49. The van der Waals surface area contributed by atoms with E-state index in [1.165, 1.54) is 6.33 Å². The normalized spacial score (nSPS) is 10.2. The predicted molar refractivity (Wildman–Crippen MR) is 82.1 cm³/mol. The molecule has 0 spiro atoms. The van der Waals surface area contributed by atoms with Gasteiger partial charge in [-0.3, -0.25) is 0 Å². The number of halogens is 1. The minimum absolute atomic E-state index is 0.570. The third-order valence-corrected chi connectivity index (χ3v) is 3.01. The highest BCUT2D eigenvalue weighted by molar-refractivity contribution is 6.33. The summed E-state index contributed by atoms with van der Waals surface area (Å²) >= 11 is 6.13. The van der Waals surface area contributed by atoms with Crippen LogP contribution < -0.4 is 15.4 Å². The molecule has 0 fully saturated rings. The maximum atomic E-state index is 6.13. The molecule has 6 heteroatoms. The number of hydrogen-bond acceptors (Lipinski definition) is 5. The predicted octanol–water partition coefficient (Wildman–Crippen LogP) is 3.70. The smallest absolute Gasteiger partial charge is 0.204 e. The van der Waals surface area contributed by atoms with Gasteiger partial charge in [-0.05, 0) is 18.6 Å². The van der Waals surface area contributed by atoms with Gasteiger partial charge < -0.3 is 15.4 Å². The number of rotatable bonds is 6. The molecular weight excluding hydrogens is 276 g/mol. The van der Waals surface area contributed by atoms with Gasteiger partial charge in [0.2, 0.25) is 5.75 Å². The third kappa shape index (κ3) is 3.30. The van der Waals surface area contributed by atoms with E-state index in [-0.39, 0.29) is 0 Å². The summed E-state index contributed by atoms with van der Waals surface area (Å²) in [6, 6.07) is 7.47. The third-order valence-electron chi connectivity index (χ3n) is 2.68. The van der Waals surface area contributed by atoms with E-state index < -0.39 is 0 Å². The zero-order valence-electron chi connectivity index (χ0n) is 11.5. The first kappa shape index (κ1) is 14.4. The number of ether oxygens (including phenoxy) is 1. The molecule has 0 amide bonds. The Morgan fingerprint density at radius 3 is 2.65 bits per heavy atom. The van der Waals surface area contributed by atoms with E-state index in [1.54, 1.807) is 7.11 Å². The van der Waals surface area contributed by atoms with E-state index in [1.807, 2.05) is 24.3 Å². The van der Waals surface area contributed by atoms with E-state index >= 15 is 0 Å². The lowest BCUT2D eigenvalue weighted by molar-refractivity contribution is 0.415. The van der Waals surface area contributed by atoms with Gasteiger partial charge in [0.15, 0.2) is 11.6 Å². The maximum Gasteiger partial charge on any atom is 0.204 e. The Bertz CT molecular complexity index is 577. The number of hydrogen-bond donors (Lipinski definition) is 2. The number of benzene rings is 1. The molecule has 2 rings (SSSR count). The van der Waals surface area contributed by atoms with Gasteiger partial charge in [-0.2, -0.15) is 0 Å². The number of nitrogens with one attached hydrogen (secondary N) is 2. The van der Waals surface area contributed by atoms with Crippen molar-refractivity contribution < 1.29 is 4.74 Å². The van der Waals surface area contributed by atoms with Crippen LogP contribution in [0, 0.1) is 0 Å². The molecule has 0 aliphatic carbocycles. The van der Waals surface area contributed by atoms with Crippen molar-refractivity contribution in [3.63, 3.8) is 0 Å². The molecule has 106 valence electrons. The monoisotopic (exact) mass is 292 g/mol. The average molecular weight is 293 g/mol. The van der Waals surface area contributed by atoms with E-state index in [0.29, 0.717) is 22.4 Å². The molecular formula is C14H17ClN4O. The highest BCUT2D eigenvalue weighted by atomic mass is 35.5. The lowest BCUT2D eigenvalue weighted by Gasteiger charge is -2.14. The largest absolute Gasteiger partial charge is 0.490 e. The van der Waals surface area contributed by atoms with Crippen LogP contribution in [0.5, 0.6) is 5.75 Å². The van der Waals surface area contributed by atoms with Crippen LogP contribution in [0.15, 0.2) is 30.6 Å². The van der Waals surface area contributed by atoms with Crippen molar-refractivity contribution in [2.75, 3.05) is 24.3 Å². The van der Waals surface area contributed by atoms with Crippen molar-refractivity contribution in [2.45, 2.75) is 13.3 Å². The molecule has 0 saturated heterocycles. The van der Waals surface area contributed by atoms with E-state index in [9.17, 15) is 0 Å². The molecule has 5 nitrogen and oxygen atoms in total. The van der Waals surface area contributed by atoms with Gasteiger partial charge in [0.25, 0.3) is 0 Å². The molecule has 0 bridgehead atoms. The van der Waals surface area contributed by atoms with Gasteiger partial charge in [-0.15, -0.1) is 0 Å². The van der Waals surface area contributed by atoms with E-state index in [2.05, 4.69) is 27.5 Å². The van der Waals surface area contributed by atoms with Gasteiger partial charge in [0, 0.05) is 6.54 Å². The molecule has 2 aromatic rings. The second kappa shape index (κ2) is 6.96. The summed E-state index contributed by atoms with van der Waals surface area (Å²) in [5, 5.41) is 6.99. The summed E-state index contributed by atoms with van der Waals surface area (Å²) in [5.74, 6) is 1.81. The summed E-state index contributed by atoms with van der Waals surface area (Å²) in [6.45, 7) is 2.91. The maximum absolute atomic E-state index is 6.13. The number of para-hydroxylation sites is 1. The first-order valence-electron chi connectivity index (χ1n) is 6.40. The van der Waals surface area contributed by atoms with Crippen molar-refractivity contribution >= 4 is 28.9 Å². The van der Waals surface area contributed by atoms with Crippen LogP contribution >= 0.6 is 11.6 Å². The molecule has 0 atom stereocenters. The van der Waals surface area contributed by atoms with E-state index in [0.717, 1.165) is 18.7 Å². The SMILES string of the molecule is CCCNc1ncnc(Nc2ccccc2Cl)c1OC. The number of nitrogens with zero attached hydrogens (tertiary/aromatic N) is 2. The Balaban J connectivity index is 2.29. The minimum Gasteiger partial charge on any atom is -0.490 e. The zero-order chi connectivity index (χ0) is 14.4. The van der Waals surface area contributed by atoms with Gasteiger partial charge in [-0.25, -0.2) is 9.97 Å². The van der Waals surface area contributed by atoms with Gasteiger partial charge >= 0.3 is 0 Å². The molecule has 2 N–H and O–H groups in total. The highest BCUT2D eigenvalue weighted by Gasteiger charge is 2.12. The average Bonchev–Trinajstić information content (AvgIpc) is 2.47. The standard InChI is InChI=1S/C14H17ClN4O/c1-3-8-16-13-12(20-2)14(18-9-17-13)19-11-7-5-4-6-10(11)15/h4-7,9H,3,8H2,1-2H3,(H2,16,17,18,19). The van der Waals surface area contributed by atoms with E-state index in [4.69, 9.17) is 16.3 Å². The van der Waals surface area contributed by atoms with Crippen LogP contribution in [-0.4, -0.2) is 23.6 Å². The summed E-state index contributed by atoms with van der Waals surface area (Å²) in [4.78, 5) is 8.40. The molecule has 1 heterocycles. The fourth-order valence-corrected chi connectivity index (χ4v) is 1.90. The summed E-state index contributed by atoms with van der Waals surface area (Å²) in [7, 11) is 1.59. The fourth-order valence-electron chi connectivity index (χ4n) is 1.72. The number of methoxy groups -OCH3 is 1. The molecule has 0 saturated carbocycles. The van der Waals surface area contributed by atoms with Crippen LogP contribution in [0.4, 0.5) is 17.3 Å². The number of anilines is 3.